The molecule has 3 saturated heterocycles. The quantitative estimate of drug-likeness (QED) is 0.0212. The van der Waals surface area contributed by atoms with Crippen molar-refractivity contribution in [2.45, 2.75) is 155 Å². The van der Waals surface area contributed by atoms with Crippen LogP contribution in [0.3, 0.4) is 0 Å². The summed E-state index contributed by atoms with van der Waals surface area (Å²) in [7, 11) is -5.88. The molecule has 0 aliphatic carbocycles. The van der Waals surface area contributed by atoms with Crippen molar-refractivity contribution in [1.29, 1.82) is 0 Å². The van der Waals surface area contributed by atoms with Gasteiger partial charge >= 0.3 is 13.3 Å². The molecular formula is C64H82F2N9O12PS2. The number of piperazine rings is 1. The third-order valence-corrected chi connectivity index (χ3v) is 20.0. The van der Waals surface area contributed by atoms with Gasteiger partial charge < -0.3 is 55.8 Å². The number of rotatable bonds is 21. The highest BCUT2D eigenvalue weighted by Gasteiger charge is 2.51. The first-order chi connectivity index (χ1) is 42.3. The topological polar surface area (TPSA) is 288 Å². The Balaban J connectivity index is 0.842. The zero-order valence-corrected chi connectivity index (χ0v) is 54.5. The Labute approximate surface area is 530 Å². The van der Waals surface area contributed by atoms with Gasteiger partial charge in [-0.1, -0.05) is 109 Å². The van der Waals surface area contributed by atoms with E-state index in [1.807, 2.05) is 89.2 Å². The lowest BCUT2D eigenvalue weighted by atomic mass is 9.85. The van der Waals surface area contributed by atoms with Crippen molar-refractivity contribution >= 4 is 87.6 Å². The molecule has 2 aromatic heterocycles. The number of nitrogens with one attached hydrogen (secondary N) is 4. The summed E-state index contributed by atoms with van der Waals surface area (Å²) in [5.41, 5.74) is -1.50. The lowest BCUT2D eigenvalue weighted by Gasteiger charge is -2.45. The van der Waals surface area contributed by atoms with E-state index in [2.05, 4.69) is 26.3 Å². The summed E-state index contributed by atoms with van der Waals surface area (Å²) < 4.78 is 41.3. The van der Waals surface area contributed by atoms with Gasteiger partial charge in [-0.2, -0.15) is 8.78 Å². The zero-order valence-electron chi connectivity index (χ0n) is 52.0. The number of aliphatic hydroxyl groups is 1. The van der Waals surface area contributed by atoms with E-state index in [9.17, 15) is 66.6 Å². The first-order valence-electron chi connectivity index (χ1n) is 30.4. The fourth-order valence-corrected chi connectivity index (χ4v) is 14.0. The van der Waals surface area contributed by atoms with Crippen LogP contribution in [0.25, 0.3) is 20.5 Å². The molecule has 486 valence electrons. The van der Waals surface area contributed by atoms with Crippen molar-refractivity contribution in [1.82, 2.24) is 45.9 Å². The van der Waals surface area contributed by atoms with E-state index in [0.29, 0.717) is 43.5 Å². The fourth-order valence-electron chi connectivity index (χ4n) is 11.8. The van der Waals surface area contributed by atoms with Crippen LogP contribution in [-0.4, -0.2) is 163 Å². The van der Waals surface area contributed by atoms with Crippen LogP contribution < -0.4 is 21.3 Å². The molecular weight excluding hydrogens is 1220 g/mol. The molecule has 5 aromatic rings. The molecule has 0 radical (unpaired) electrons. The number of thiazole rings is 1. The van der Waals surface area contributed by atoms with Crippen LogP contribution in [0.4, 0.5) is 8.78 Å². The Morgan fingerprint density at radius 3 is 2.09 bits per heavy atom. The van der Waals surface area contributed by atoms with E-state index in [-0.39, 0.29) is 67.7 Å². The number of thiophene rings is 1. The highest BCUT2D eigenvalue weighted by atomic mass is 32.1. The molecule has 0 bridgehead atoms. The second-order valence-corrected chi connectivity index (χ2v) is 29.4. The third-order valence-electron chi connectivity index (χ3n) is 16.9. The fraction of sp³-hybridized carbons (Fsp3) is 0.516. The van der Waals surface area contributed by atoms with E-state index in [0.717, 1.165) is 57.2 Å². The van der Waals surface area contributed by atoms with Crippen LogP contribution in [0.5, 0.6) is 0 Å². The molecule has 21 nitrogen and oxygen atoms in total. The molecule has 8 amide bonds. The van der Waals surface area contributed by atoms with E-state index in [1.165, 1.54) is 26.8 Å². The predicted octanol–water partition coefficient (Wildman–Crippen LogP) is 7.59. The normalized spacial score (nSPS) is 19.4. The third kappa shape index (κ3) is 16.5. The number of fused-ring (bicyclic) bond motifs is 1. The number of carbonyl (C=O) groups excluding carboxylic acids is 8. The number of carbonyl (C=O) groups is 8. The van der Waals surface area contributed by atoms with Crippen molar-refractivity contribution in [3.63, 3.8) is 0 Å². The summed E-state index contributed by atoms with van der Waals surface area (Å²) in [5, 5.41) is 22.3. The maximum absolute atomic E-state index is 15.0. The first kappa shape index (κ1) is 68.9. The van der Waals surface area contributed by atoms with Crippen molar-refractivity contribution in [3.8, 4) is 10.4 Å². The Kier molecular flexibility index (Phi) is 21.9. The van der Waals surface area contributed by atoms with Gasteiger partial charge in [-0.3, -0.25) is 42.9 Å². The monoisotopic (exact) mass is 1300 g/mol. The lowest BCUT2D eigenvalue weighted by Crippen LogP contribution is -2.66. The highest BCUT2D eigenvalue weighted by Crippen LogP contribution is 2.59. The Hall–Kier alpha value is -7.02. The highest BCUT2D eigenvalue weighted by molar-refractivity contribution is 7.52. The van der Waals surface area contributed by atoms with E-state index >= 15 is 0 Å². The number of amides is 8. The number of aromatic nitrogens is 1. The van der Waals surface area contributed by atoms with Gasteiger partial charge in [0.15, 0.2) is 0 Å². The van der Waals surface area contributed by atoms with Gasteiger partial charge in [-0.25, -0.2) is 4.98 Å². The summed E-state index contributed by atoms with van der Waals surface area (Å²) in [4.78, 5) is 142. The second kappa shape index (κ2) is 28.7. The molecule has 90 heavy (non-hydrogen) atoms. The van der Waals surface area contributed by atoms with Crippen molar-refractivity contribution in [2.75, 3.05) is 45.8 Å². The van der Waals surface area contributed by atoms with Crippen LogP contribution >= 0.6 is 30.3 Å². The number of benzene rings is 3. The lowest BCUT2D eigenvalue weighted by molar-refractivity contribution is -0.155. The molecule has 3 aliphatic heterocycles. The maximum atomic E-state index is 15.0. The molecule has 3 aliphatic rings. The van der Waals surface area contributed by atoms with E-state index < -0.39 is 114 Å². The van der Waals surface area contributed by atoms with Gasteiger partial charge in [0, 0.05) is 68.3 Å². The van der Waals surface area contributed by atoms with Crippen LogP contribution in [0, 0.1) is 17.8 Å². The van der Waals surface area contributed by atoms with Crippen LogP contribution in [0.2, 0.25) is 0 Å². The number of aryl methyl sites for hydroxylation is 1. The first-order valence-corrected chi connectivity index (χ1v) is 33.7. The summed E-state index contributed by atoms with van der Waals surface area (Å²) in [6, 6.07) is 17.0. The molecule has 0 saturated carbocycles. The molecule has 5 heterocycles. The minimum Gasteiger partial charge on any atom is -0.391 e. The molecule has 3 aromatic carbocycles. The molecule has 7 atom stereocenters. The van der Waals surface area contributed by atoms with Crippen LogP contribution in [0.15, 0.2) is 84.4 Å². The number of halogens is 2. The number of unbranched alkanes of at least 4 members (excludes halogenated alkanes) is 2. The Bertz CT molecular complexity index is 3500. The Morgan fingerprint density at radius 2 is 1.43 bits per heavy atom. The second-order valence-electron chi connectivity index (χ2n) is 25.9. The maximum Gasteiger partial charge on any atom is 0.399 e. The smallest absolute Gasteiger partial charge is 0.391 e. The number of alkyl halides is 2. The molecule has 0 unspecified atom stereocenters. The Morgan fingerprint density at radius 1 is 0.756 bits per heavy atom. The van der Waals surface area contributed by atoms with Crippen molar-refractivity contribution < 1.29 is 66.6 Å². The van der Waals surface area contributed by atoms with E-state index in [1.54, 1.807) is 42.5 Å². The summed E-state index contributed by atoms with van der Waals surface area (Å²) in [6.07, 6.45) is 1.48. The van der Waals surface area contributed by atoms with Crippen LogP contribution in [-0.2, 0) is 43.8 Å². The summed E-state index contributed by atoms with van der Waals surface area (Å²) in [6.45, 7) is 14.8. The van der Waals surface area contributed by atoms with Crippen molar-refractivity contribution in [3.05, 3.63) is 112 Å². The van der Waals surface area contributed by atoms with Crippen molar-refractivity contribution in [2.24, 2.45) is 10.8 Å². The molecule has 3 fully saturated rings. The summed E-state index contributed by atoms with van der Waals surface area (Å²) >= 11 is 2.47. The number of likely N-dealkylation sites (tertiary alicyclic amines) is 2. The number of hydrogen-bond acceptors (Lipinski definition) is 13. The van der Waals surface area contributed by atoms with Gasteiger partial charge in [0.2, 0.25) is 41.4 Å². The summed E-state index contributed by atoms with van der Waals surface area (Å²) in [5.74, 6) is -4.16. The van der Waals surface area contributed by atoms with Crippen LogP contribution in [0.1, 0.15) is 144 Å². The average Bonchev–Trinajstić information content (AvgIpc) is 1.36. The number of hydrogen-bond donors (Lipinski definition) is 7. The van der Waals surface area contributed by atoms with Gasteiger partial charge in [0.1, 0.15) is 30.6 Å². The number of piperidine rings is 1. The predicted molar refractivity (Wildman–Crippen MR) is 338 cm³/mol. The standard InChI is InChI=1S/C64H82F2N9O12PS2/c1-38(40-20-22-42(23-21-40)54-39(2)68-37-89-54)69-57(80)47-32-46(76)35-75(47)61(84)55(62(3,4)5)70-51(77)19-13-10-14-26-67-52(78)33-53(79)72-28-29-74(48(36-72)59(82)73-27-15-18-43(34-73)41-16-11-9-12-17-41)60(83)56(63(6,7)8)71-58(81)50-31-44-30-45(24-25-49(44)90-50)64(65,66)88(85,86)87/h9,11-12,16-17,20-25,30-31,37-38,43,46-48,55-56,76H,10,13-15,18-19,26-29,32-36H2,1-8H3,(H,67,78)(H,69,80)(H,70,77)(H,71,81)(H2,85,86,87)/t38-,43-,46+,47+,48-,55+,56+/m0/s1. The van der Waals surface area contributed by atoms with Gasteiger partial charge in [-0.15, -0.1) is 22.7 Å². The SMILES string of the molecule is Cc1ncsc1-c1ccc([C@H](C)NC(=O)[C@H]2C[C@@H](O)CN2C(=O)[C@@H](NC(=O)CCCCCNC(=O)CC(=O)N2CCN(C(=O)[C@@H](NC(=O)c3cc4cc(C(F)(F)P(=O)(O)O)ccc4s3)C(C)(C)C)[C@H](C(=O)N3CCC[C@H](c4ccccc4)C3)C2)C(C)(C)C)cc1. The largest absolute Gasteiger partial charge is 0.399 e. The number of nitrogens with zero attached hydrogens (tertiary/aromatic N) is 5. The van der Waals surface area contributed by atoms with Gasteiger partial charge in [-0.05, 0) is 90.6 Å². The molecule has 8 rings (SSSR count). The number of aliphatic hydroxyl groups excluding tert-OH is 1. The average molecular weight is 1300 g/mol. The minimum absolute atomic E-state index is 0.00603. The number of β-amino-alcohol motifs (C(OH)–C–C–N with tert-alkyl or cyclic N) is 1. The van der Waals surface area contributed by atoms with Gasteiger partial charge in [0.05, 0.1) is 39.6 Å². The van der Waals surface area contributed by atoms with E-state index in [4.69, 9.17) is 0 Å². The molecule has 26 heteroatoms. The minimum atomic E-state index is -5.88. The molecule has 0 spiro atoms. The van der Waals surface area contributed by atoms with Gasteiger partial charge in [0.25, 0.3) is 5.91 Å². The zero-order chi connectivity index (χ0) is 65.6. The molecule has 7 N–H and O–H groups in total.